The lowest BCUT2D eigenvalue weighted by Crippen LogP contribution is -2.04. The van der Waals surface area contributed by atoms with Crippen LogP contribution in [-0.2, 0) is 0 Å². The van der Waals surface area contributed by atoms with Crippen molar-refractivity contribution in [2.45, 2.75) is 13.8 Å². The number of fused-ring (bicyclic) bond motifs is 1. The van der Waals surface area contributed by atoms with E-state index in [-0.39, 0.29) is 0 Å². The average molecular weight is 400 g/mol. The maximum absolute atomic E-state index is 5.55. The fourth-order valence-corrected chi connectivity index (χ4v) is 3.31. The highest BCUT2D eigenvalue weighted by atomic mass is 16.5. The van der Waals surface area contributed by atoms with Crippen molar-refractivity contribution >= 4 is 34.0 Å². The first-order chi connectivity index (χ1) is 14.6. The van der Waals surface area contributed by atoms with Gasteiger partial charge in [0.25, 0.3) is 0 Å². The van der Waals surface area contributed by atoms with E-state index in [4.69, 9.17) is 19.4 Å². The summed E-state index contributed by atoms with van der Waals surface area (Å²) in [6, 6.07) is 19.8. The van der Waals surface area contributed by atoms with Gasteiger partial charge in [0.15, 0.2) is 0 Å². The maximum Gasteiger partial charge on any atom is 0.229 e. The topological polar surface area (TPSA) is 68.3 Å². The van der Waals surface area contributed by atoms with Gasteiger partial charge in [-0.25, -0.2) is 4.98 Å². The SMILES string of the molecule is COc1ccc(Nc2nc(Nc3ccccc3C)c3cccc(OC)c3n2)c(C)c1. The number of aromatic nitrogens is 2. The third-order valence-corrected chi connectivity index (χ3v) is 4.99. The first-order valence-electron chi connectivity index (χ1n) is 9.68. The van der Waals surface area contributed by atoms with Gasteiger partial charge in [-0.15, -0.1) is 0 Å². The summed E-state index contributed by atoms with van der Waals surface area (Å²) >= 11 is 0. The summed E-state index contributed by atoms with van der Waals surface area (Å²) in [5, 5.41) is 7.68. The number of benzene rings is 3. The minimum Gasteiger partial charge on any atom is -0.497 e. The molecule has 6 nitrogen and oxygen atoms in total. The monoisotopic (exact) mass is 400 g/mol. The second kappa shape index (κ2) is 8.29. The largest absolute Gasteiger partial charge is 0.497 e. The number of aryl methyl sites for hydroxylation is 2. The second-order valence-electron chi connectivity index (χ2n) is 7.00. The Balaban J connectivity index is 1.81. The molecule has 1 aromatic heterocycles. The van der Waals surface area contributed by atoms with Gasteiger partial charge in [-0.2, -0.15) is 4.98 Å². The van der Waals surface area contributed by atoms with Gasteiger partial charge in [0.05, 0.1) is 14.2 Å². The summed E-state index contributed by atoms with van der Waals surface area (Å²) in [5.74, 6) is 2.69. The zero-order valence-corrected chi connectivity index (χ0v) is 17.5. The fourth-order valence-electron chi connectivity index (χ4n) is 3.31. The highest BCUT2D eigenvalue weighted by Crippen LogP contribution is 2.33. The molecule has 0 radical (unpaired) electrons. The van der Waals surface area contributed by atoms with Crippen molar-refractivity contribution in [3.8, 4) is 11.5 Å². The van der Waals surface area contributed by atoms with Crippen LogP contribution in [0, 0.1) is 13.8 Å². The van der Waals surface area contributed by atoms with Crippen molar-refractivity contribution in [2.24, 2.45) is 0 Å². The van der Waals surface area contributed by atoms with Crippen LogP contribution < -0.4 is 20.1 Å². The molecule has 152 valence electrons. The summed E-state index contributed by atoms with van der Waals surface area (Å²) < 4.78 is 10.9. The Hall–Kier alpha value is -3.80. The minimum atomic E-state index is 0.483. The average Bonchev–Trinajstić information content (AvgIpc) is 2.76. The first kappa shape index (κ1) is 19.5. The fraction of sp³-hybridized carbons (Fsp3) is 0.167. The Morgan fingerprint density at radius 3 is 2.27 bits per heavy atom. The molecule has 4 rings (SSSR count). The van der Waals surface area contributed by atoms with Gasteiger partial charge < -0.3 is 20.1 Å². The number of ether oxygens (including phenoxy) is 2. The van der Waals surface area contributed by atoms with Crippen molar-refractivity contribution in [1.29, 1.82) is 0 Å². The molecule has 0 aliphatic carbocycles. The highest BCUT2D eigenvalue weighted by Gasteiger charge is 2.13. The third kappa shape index (κ3) is 3.85. The van der Waals surface area contributed by atoms with Crippen LogP contribution in [0.4, 0.5) is 23.1 Å². The summed E-state index contributed by atoms with van der Waals surface area (Å²) in [5.41, 5.74) is 4.80. The number of hydrogen-bond acceptors (Lipinski definition) is 6. The van der Waals surface area contributed by atoms with Crippen molar-refractivity contribution < 1.29 is 9.47 Å². The standard InChI is InChI=1S/C24H24N4O2/c1-15-8-5-6-10-19(15)25-23-18-9-7-11-21(30-4)22(18)27-24(28-23)26-20-13-12-17(29-3)14-16(20)2/h5-14H,1-4H3,(H2,25,26,27,28). The van der Waals surface area contributed by atoms with Gasteiger partial charge in [0.1, 0.15) is 22.8 Å². The second-order valence-corrected chi connectivity index (χ2v) is 7.00. The van der Waals surface area contributed by atoms with Crippen LogP contribution in [0.15, 0.2) is 60.7 Å². The zero-order valence-electron chi connectivity index (χ0n) is 17.5. The highest BCUT2D eigenvalue weighted by molar-refractivity contribution is 5.95. The zero-order chi connectivity index (χ0) is 21.1. The summed E-state index contributed by atoms with van der Waals surface area (Å²) in [6.07, 6.45) is 0. The molecule has 0 aliphatic rings. The lowest BCUT2D eigenvalue weighted by molar-refractivity contribution is 0.414. The summed E-state index contributed by atoms with van der Waals surface area (Å²) in [7, 11) is 3.30. The molecule has 6 heteroatoms. The predicted octanol–water partition coefficient (Wildman–Crippen LogP) is 5.75. The number of rotatable bonds is 6. The Morgan fingerprint density at radius 2 is 1.53 bits per heavy atom. The van der Waals surface area contributed by atoms with Crippen LogP contribution in [0.1, 0.15) is 11.1 Å². The number of hydrogen-bond donors (Lipinski definition) is 2. The molecule has 0 saturated carbocycles. The molecule has 2 N–H and O–H groups in total. The van der Waals surface area contributed by atoms with Gasteiger partial charge >= 0.3 is 0 Å². The smallest absolute Gasteiger partial charge is 0.229 e. The Kier molecular flexibility index (Phi) is 5.39. The minimum absolute atomic E-state index is 0.483. The van der Waals surface area contributed by atoms with E-state index in [1.165, 1.54) is 0 Å². The number of anilines is 4. The van der Waals surface area contributed by atoms with Crippen LogP contribution in [0.3, 0.4) is 0 Å². The first-order valence-corrected chi connectivity index (χ1v) is 9.68. The molecule has 1 heterocycles. The Bertz CT molecular complexity index is 1210. The molecule has 0 spiro atoms. The van der Waals surface area contributed by atoms with Gasteiger partial charge in [-0.05, 0) is 61.4 Å². The van der Waals surface area contributed by atoms with Crippen LogP contribution >= 0.6 is 0 Å². The van der Waals surface area contributed by atoms with E-state index >= 15 is 0 Å². The molecule has 0 saturated heterocycles. The summed E-state index contributed by atoms with van der Waals surface area (Å²) in [6.45, 7) is 4.07. The predicted molar refractivity (Wildman–Crippen MR) is 122 cm³/mol. The molecule has 0 unspecified atom stereocenters. The number of methoxy groups -OCH3 is 2. The van der Waals surface area contributed by atoms with Crippen LogP contribution in [0.25, 0.3) is 10.9 Å². The summed E-state index contributed by atoms with van der Waals surface area (Å²) in [4.78, 5) is 9.50. The molecule has 0 atom stereocenters. The molecule has 30 heavy (non-hydrogen) atoms. The van der Waals surface area contributed by atoms with E-state index in [9.17, 15) is 0 Å². The van der Waals surface area contributed by atoms with Crippen molar-refractivity contribution in [3.63, 3.8) is 0 Å². The molecule has 3 aromatic carbocycles. The quantitative estimate of drug-likeness (QED) is 0.429. The van der Waals surface area contributed by atoms with Gasteiger partial charge in [0.2, 0.25) is 5.95 Å². The van der Waals surface area contributed by atoms with Crippen LogP contribution in [-0.4, -0.2) is 24.2 Å². The lowest BCUT2D eigenvalue weighted by atomic mass is 10.1. The van der Waals surface area contributed by atoms with Crippen molar-refractivity contribution in [1.82, 2.24) is 9.97 Å². The van der Waals surface area contributed by atoms with E-state index in [1.807, 2.05) is 61.5 Å². The van der Waals surface area contributed by atoms with E-state index in [1.54, 1.807) is 14.2 Å². The number of nitrogens with zero attached hydrogens (tertiary/aromatic N) is 2. The number of para-hydroxylation sites is 2. The maximum atomic E-state index is 5.55. The number of nitrogens with one attached hydrogen (secondary N) is 2. The molecule has 0 aliphatic heterocycles. The van der Waals surface area contributed by atoms with Crippen molar-refractivity contribution in [3.05, 3.63) is 71.8 Å². The molecule has 0 fully saturated rings. The molecular weight excluding hydrogens is 376 g/mol. The van der Waals surface area contributed by atoms with Crippen LogP contribution in [0.2, 0.25) is 0 Å². The van der Waals surface area contributed by atoms with E-state index in [0.717, 1.165) is 39.2 Å². The van der Waals surface area contributed by atoms with Gasteiger partial charge in [0, 0.05) is 16.8 Å². The molecule has 0 bridgehead atoms. The molecule has 4 aromatic rings. The lowest BCUT2D eigenvalue weighted by Gasteiger charge is -2.15. The van der Waals surface area contributed by atoms with Crippen LogP contribution in [0.5, 0.6) is 11.5 Å². The Labute approximate surface area is 175 Å². The van der Waals surface area contributed by atoms with Gasteiger partial charge in [-0.1, -0.05) is 24.3 Å². The van der Waals surface area contributed by atoms with E-state index < -0.39 is 0 Å². The molecular formula is C24H24N4O2. The van der Waals surface area contributed by atoms with E-state index in [0.29, 0.717) is 17.5 Å². The third-order valence-electron chi connectivity index (χ3n) is 4.99. The Morgan fingerprint density at radius 1 is 0.733 bits per heavy atom. The normalized spacial score (nSPS) is 10.7. The molecule has 0 amide bonds. The van der Waals surface area contributed by atoms with Crippen molar-refractivity contribution in [2.75, 3.05) is 24.9 Å². The van der Waals surface area contributed by atoms with Gasteiger partial charge in [-0.3, -0.25) is 0 Å². The van der Waals surface area contributed by atoms with E-state index in [2.05, 4.69) is 23.6 Å².